The molecule has 27 heavy (non-hydrogen) atoms. The Morgan fingerprint density at radius 2 is 1.96 bits per heavy atom. The van der Waals surface area contributed by atoms with Gasteiger partial charge in [-0.1, -0.05) is 13.0 Å². The van der Waals surface area contributed by atoms with Crippen molar-refractivity contribution in [2.45, 2.75) is 32.2 Å². The summed E-state index contributed by atoms with van der Waals surface area (Å²) in [7, 11) is 0. The van der Waals surface area contributed by atoms with E-state index in [1.165, 1.54) is 12.1 Å². The summed E-state index contributed by atoms with van der Waals surface area (Å²) >= 11 is 0. The van der Waals surface area contributed by atoms with Gasteiger partial charge in [0.15, 0.2) is 0 Å². The molecule has 1 atom stereocenters. The summed E-state index contributed by atoms with van der Waals surface area (Å²) in [5.41, 5.74) is 6.20. The number of anilines is 1. The quantitative estimate of drug-likeness (QED) is 0.448. The molecule has 1 fully saturated rings. The zero-order valence-electron chi connectivity index (χ0n) is 14.8. The molecule has 1 aromatic rings. The highest BCUT2D eigenvalue weighted by Gasteiger charge is 2.47. The Balaban J connectivity index is 1.79. The van der Waals surface area contributed by atoms with Crippen LogP contribution < -0.4 is 5.73 Å². The first-order valence-corrected chi connectivity index (χ1v) is 8.63. The van der Waals surface area contributed by atoms with Crippen LogP contribution in [0.2, 0.25) is 0 Å². The number of imide groups is 2. The minimum Gasteiger partial charge on any atom is -0.464 e. The monoisotopic (exact) mass is 373 g/mol. The summed E-state index contributed by atoms with van der Waals surface area (Å²) in [5, 5.41) is 0. The smallest absolute Gasteiger partial charge is 0.305 e. The van der Waals surface area contributed by atoms with Crippen molar-refractivity contribution in [2.75, 3.05) is 18.9 Å². The van der Waals surface area contributed by atoms with Gasteiger partial charge in [-0.15, -0.1) is 0 Å². The van der Waals surface area contributed by atoms with E-state index >= 15 is 0 Å². The predicted octanol–water partition coefficient (Wildman–Crippen LogP) is 0.336. The van der Waals surface area contributed by atoms with Gasteiger partial charge >= 0.3 is 5.97 Å². The van der Waals surface area contributed by atoms with E-state index in [2.05, 4.69) is 0 Å². The first-order valence-electron chi connectivity index (χ1n) is 8.63. The Kier molecular flexibility index (Phi) is 4.93. The van der Waals surface area contributed by atoms with Crippen LogP contribution in [0.25, 0.3) is 0 Å². The largest absolute Gasteiger partial charge is 0.464 e. The Morgan fingerprint density at radius 1 is 1.22 bits per heavy atom. The van der Waals surface area contributed by atoms with Crippen molar-refractivity contribution in [2.24, 2.45) is 0 Å². The summed E-state index contributed by atoms with van der Waals surface area (Å²) in [6, 6.07) is 3.46. The predicted molar refractivity (Wildman–Crippen MR) is 92.3 cm³/mol. The van der Waals surface area contributed by atoms with E-state index in [4.69, 9.17) is 10.5 Å². The first-order chi connectivity index (χ1) is 12.9. The summed E-state index contributed by atoms with van der Waals surface area (Å²) < 4.78 is 4.91. The third kappa shape index (κ3) is 3.16. The second-order valence-electron chi connectivity index (χ2n) is 6.26. The maximum absolute atomic E-state index is 12.8. The highest BCUT2D eigenvalue weighted by molar-refractivity contribution is 6.25. The summed E-state index contributed by atoms with van der Waals surface area (Å²) in [6.45, 7) is 1.38. The molecule has 1 saturated heterocycles. The van der Waals surface area contributed by atoms with Crippen LogP contribution in [-0.2, 0) is 19.1 Å². The Bertz CT molecular complexity index is 849. The van der Waals surface area contributed by atoms with E-state index in [9.17, 15) is 24.0 Å². The number of hydrogen-bond acceptors (Lipinski definition) is 7. The van der Waals surface area contributed by atoms with Crippen molar-refractivity contribution < 1.29 is 28.7 Å². The van der Waals surface area contributed by atoms with Crippen LogP contribution in [0.3, 0.4) is 0 Å². The molecule has 2 aliphatic rings. The van der Waals surface area contributed by atoms with E-state index in [1.807, 2.05) is 0 Å². The van der Waals surface area contributed by atoms with Gasteiger partial charge in [0, 0.05) is 18.5 Å². The average Bonchev–Trinajstić information content (AvgIpc) is 2.90. The molecule has 9 nitrogen and oxygen atoms in total. The van der Waals surface area contributed by atoms with Crippen molar-refractivity contribution in [1.29, 1.82) is 0 Å². The SMILES string of the molecule is CCC(=O)OCCN1C(=O)CCC(N2C(=O)c3cccc(N)c3C2=O)C1=O. The maximum Gasteiger partial charge on any atom is 0.305 e. The molecule has 0 spiro atoms. The number of rotatable bonds is 5. The van der Waals surface area contributed by atoms with Crippen LogP contribution in [0.15, 0.2) is 18.2 Å². The lowest BCUT2D eigenvalue weighted by Gasteiger charge is -2.34. The van der Waals surface area contributed by atoms with E-state index in [0.29, 0.717) is 0 Å². The Hall–Kier alpha value is -3.23. The van der Waals surface area contributed by atoms with Crippen molar-refractivity contribution in [3.8, 4) is 0 Å². The van der Waals surface area contributed by atoms with Crippen LogP contribution >= 0.6 is 0 Å². The van der Waals surface area contributed by atoms with E-state index in [1.54, 1.807) is 13.0 Å². The van der Waals surface area contributed by atoms with E-state index in [0.717, 1.165) is 9.80 Å². The normalized spacial score (nSPS) is 19.5. The number of carbonyl (C=O) groups excluding carboxylic acids is 5. The zero-order valence-corrected chi connectivity index (χ0v) is 14.8. The van der Waals surface area contributed by atoms with Gasteiger partial charge in [-0.2, -0.15) is 0 Å². The molecule has 1 aromatic carbocycles. The van der Waals surface area contributed by atoms with Gasteiger partial charge in [0.1, 0.15) is 12.6 Å². The average molecular weight is 373 g/mol. The van der Waals surface area contributed by atoms with Crippen LogP contribution in [0.4, 0.5) is 5.69 Å². The molecule has 2 aliphatic heterocycles. The molecule has 142 valence electrons. The second-order valence-corrected chi connectivity index (χ2v) is 6.26. The fourth-order valence-electron chi connectivity index (χ4n) is 3.26. The molecule has 0 saturated carbocycles. The number of esters is 1. The van der Waals surface area contributed by atoms with E-state index < -0.39 is 35.6 Å². The third-order valence-electron chi connectivity index (χ3n) is 4.64. The fourth-order valence-corrected chi connectivity index (χ4v) is 3.26. The summed E-state index contributed by atoms with van der Waals surface area (Å²) in [5.74, 6) is -2.78. The summed E-state index contributed by atoms with van der Waals surface area (Å²) in [6.07, 6.45) is 0.232. The topological polar surface area (TPSA) is 127 Å². The lowest BCUT2D eigenvalue weighted by molar-refractivity contribution is -0.155. The lowest BCUT2D eigenvalue weighted by Crippen LogP contribution is -2.56. The standard InChI is InChI=1S/C18H19N3O6/c1-2-14(23)27-9-8-20-13(22)7-6-12(17(20)25)21-16(24)10-4-3-5-11(19)15(10)18(21)26/h3-5,12H,2,6-9,19H2,1H3. The highest BCUT2D eigenvalue weighted by Crippen LogP contribution is 2.31. The van der Waals surface area contributed by atoms with Crippen LogP contribution in [0.1, 0.15) is 46.9 Å². The number of carbonyl (C=O) groups is 5. The van der Waals surface area contributed by atoms with Gasteiger partial charge in [0.2, 0.25) is 5.91 Å². The van der Waals surface area contributed by atoms with Gasteiger partial charge in [-0.25, -0.2) is 0 Å². The van der Waals surface area contributed by atoms with Crippen molar-refractivity contribution in [3.05, 3.63) is 29.3 Å². The molecule has 9 heteroatoms. The lowest BCUT2D eigenvalue weighted by atomic mass is 10.0. The van der Waals surface area contributed by atoms with Crippen molar-refractivity contribution in [3.63, 3.8) is 0 Å². The van der Waals surface area contributed by atoms with Gasteiger partial charge in [0.05, 0.1) is 17.7 Å². The molecule has 2 heterocycles. The highest BCUT2D eigenvalue weighted by atomic mass is 16.5. The maximum atomic E-state index is 12.8. The molecule has 1 unspecified atom stereocenters. The van der Waals surface area contributed by atoms with Gasteiger partial charge in [-0.3, -0.25) is 33.8 Å². The molecular weight excluding hydrogens is 354 g/mol. The van der Waals surface area contributed by atoms with Gasteiger partial charge in [-0.05, 0) is 18.6 Å². The van der Waals surface area contributed by atoms with Crippen LogP contribution in [0.5, 0.6) is 0 Å². The fraction of sp³-hybridized carbons (Fsp3) is 0.389. The Morgan fingerprint density at radius 3 is 2.63 bits per heavy atom. The molecule has 0 radical (unpaired) electrons. The summed E-state index contributed by atoms with van der Waals surface area (Å²) in [4.78, 5) is 63.3. The number of ether oxygens (including phenoxy) is 1. The molecular formula is C18H19N3O6. The number of nitrogens with two attached hydrogens (primary N) is 1. The number of amides is 4. The van der Waals surface area contributed by atoms with Gasteiger partial charge in [0.25, 0.3) is 17.7 Å². The van der Waals surface area contributed by atoms with Crippen LogP contribution in [0, 0.1) is 0 Å². The molecule has 0 aromatic heterocycles. The second kappa shape index (κ2) is 7.18. The number of nitrogens with zero attached hydrogens (tertiary/aromatic N) is 2. The molecule has 2 N–H and O–H groups in total. The van der Waals surface area contributed by atoms with Gasteiger partial charge < -0.3 is 10.5 Å². The molecule has 3 rings (SSSR count). The molecule has 0 bridgehead atoms. The minimum atomic E-state index is -1.09. The zero-order chi connectivity index (χ0) is 19.7. The number of nitrogen functional groups attached to an aromatic ring is 1. The first kappa shape index (κ1) is 18.6. The number of piperidine rings is 1. The number of fused-ring (bicyclic) bond motifs is 1. The van der Waals surface area contributed by atoms with E-state index in [-0.39, 0.29) is 49.2 Å². The number of likely N-dealkylation sites (tertiary alicyclic amines) is 1. The minimum absolute atomic E-state index is 0.00101. The molecule has 0 aliphatic carbocycles. The van der Waals surface area contributed by atoms with Crippen LogP contribution in [-0.4, -0.2) is 58.6 Å². The number of hydrogen-bond donors (Lipinski definition) is 1. The Labute approximate surface area is 155 Å². The molecule has 4 amide bonds. The van der Waals surface area contributed by atoms with Crippen molar-refractivity contribution >= 4 is 35.3 Å². The number of benzene rings is 1. The van der Waals surface area contributed by atoms with Crippen molar-refractivity contribution in [1.82, 2.24) is 9.80 Å². The third-order valence-corrected chi connectivity index (χ3v) is 4.64.